The fourth-order valence-corrected chi connectivity index (χ4v) is 1.83. The van der Waals surface area contributed by atoms with E-state index < -0.39 is 0 Å². The number of aryl methyl sites for hydroxylation is 1. The number of aromatic amines is 1. The molecule has 0 aliphatic carbocycles. The lowest BCUT2D eigenvalue weighted by atomic mass is 10.2. The molecule has 21 heavy (non-hydrogen) atoms. The molecule has 0 spiro atoms. The molecular formula is C15H22N2O4. The molecule has 1 aromatic rings. The van der Waals surface area contributed by atoms with Crippen LogP contribution in [-0.4, -0.2) is 22.1 Å². The molecule has 0 aliphatic rings. The van der Waals surface area contributed by atoms with Gasteiger partial charge >= 0.3 is 11.7 Å². The standard InChI is InChI=1S/C15H22N2O4/c1-11(2)14(19)21-9-7-5-4-6-8-17-13(18)12(3)10-16-15(17)20/h10H,1,4-9H2,2-3H3,(H,16,20). The first kappa shape index (κ1) is 16.9. The number of nitrogens with zero attached hydrogens (tertiary/aromatic N) is 1. The van der Waals surface area contributed by atoms with Gasteiger partial charge in [0.25, 0.3) is 5.56 Å². The molecule has 0 fully saturated rings. The van der Waals surface area contributed by atoms with Crippen molar-refractivity contribution in [3.05, 3.63) is 44.8 Å². The van der Waals surface area contributed by atoms with E-state index in [4.69, 9.17) is 4.74 Å². The third-order valence-corrected chi connectivity index (χ3v) is 3.10. The number of aromatic nitrogens is 2. The molecule has 0 saturated carbocycles. The normalized spacial score (nSPS) is 10.4. The van der Waals surface area contributed by atoms with Crippen LogP contribution in [0.5, 0.6) is 0 Å². The Morgan fingerprint density at radius 3 is 2.62 bits per heavy atom. The van der Waals surface area contributed by atoms with Crippen LogP contribution >= 0.6 is 0 Å². The number of ether oxygens (including phenoxy) is 1. The predicted molar refractivity (Wildman–Crippen MR) is 80.3 cm³/mol. The van der Waals surface area contributed by atoms with Crippen LogP contribution in [0.4, 0.5) is 0 Å². The first-order chi connectivity index (χ1) is 9.93. The summed E-state index contributed by atoms with van der Waals surface area (Å²) in [5.41, 5.74) is 0.310. The number of carbonyl (C=O) groups excluding carboxylic acids is 1. The average Bonchev–Trinajstić information content (AvgIpc) is 2.44. The van der Waals surface area contributed by atoms with E-state index in [1.54, 1.807) is 13.8 Å². The molecular weight excluding hydrogens is 272 g/mol. The summed E-state index contributed by atoms with van der Waals surface area (Å²) in [5.74, 6) is -0.368. The van der Waals surface area contributed by atoms with E-state index in [1.807, 2.05) is 0 Å². The van der Waals surface area contributed by atoms with Gasteiger partial charge in [-0.05, 0) is 33.1 Å². The Labute approximate surface area is 123 Å². The zero-order chi connectivity index (χ0) is 15.8. The summed E-state index contributed by atoms with van der Waals surface area (Å²) >= 11 is 0. The number of esters is 1. The van der Waals surface area contributed by atoms with Crippen LogP contribution in [-0.2, 0) is 16.1 Å². The molecule has 0 saturated heterocycles. The van der Waals surface area contributed by atoms with Crippen molar-refractivity contribution in [2.75, 3.05) is 6.61 Å². The second-order valence-electron chi connectivity index (χ2n) is 5.06. The maximum absolute atomic E-state index is 11.8. The lowest BCUT2D eigenvalue weighted by molar-refractivity contribution is -0.139. The van der Waals surface area contributed by atoms with Gasteiger partial charge in [0, 0.05) is 23.9 Å². The smallest absolute Gasteiger partial charge is 0.333 e. The number of hydrogen-bond donors (Lipinski definition) is 1. The summed E-state index contributed by atoms with van der Waals surface area (Å²) in [5, 5.41) is 0. The Bertz CT molecular complexity index is 613. The maximum atomic E-state index is 11.8. The highest BCUT2D eigenvalue weighted by Crippen LogP contribution is 2.02. The van der Waals surface area contributed by atoms with Gasteiger partial charge in [0.05, 0.1) is 6.61 Å². The summed E-state index contributed by atoms with van der Waals surface area (Å²) in [6, 6.07) is 0. The zero-order valence-corrected chi connectivity index (χ0v) is 12.6. The van der Waals surface area contributed by atoms with Crippen molar-refractivity contribution in [3.63, 3.8) is 0 Å². The number of rotatable bonds is 8. The van der Waals surface area contributed by atoms with Crippen molar-refractivity contribution >= 4 is 5.97 Å². The molecule has 1 rings (SSSR count). The first-order valence-corrected chi connectivity index (χ1v) is 7.05. The monoisotopic (exact) mass is 294 g/mol. The fourth-order valence-electron chi connectivity index (χ4n) is 1.83. The largest absolute Gasteiger partial charge is 0.462 e. The molecule has 1 heterocycles. The van der Waals surface area contributed by atoms with Gasteiger partial charge in [0.2, 0.25) is 0 Å². The van der Waals surface area contributed by atoms with Gasteiger partial charge in [0.1, 0.15) is 0 Å². The van der Waals surface area contributed by atoms with Crippen LogP contribution < -0.4 is 11.2 Å². The summed E-state index contributed by atoms with van der Waals surface area (Å²) in [6.45, 7) is 7.56. The molecule has 1 N–H and O–H groups in total. The number of H-pyrrole nitrogens is 1. The van der Waals surface area contributed by atoms with Crippen molar-refractivity contribution in [1.29, 1.82) is 0 Å². The van der Waals surface area contributed by atoms with Gasteiger partial charge in [-0.1, -0.05) is 13.0 Å². The van der Waals surface area contributed by atoms with Crippen molar-refractivity contribution in [2.45, 2.75) is 46.1 Å². The van der Waals surface area contributed by atoms with Crippen LogP contribution in [0.2, 0.25) is 0 Å². The number of unbranched alkanes of at least 4 members (excludes halogenated alkanes) is 3. The van der Waals surface area contributed by atoms with E-state index in [-0.39, 0.29) is 17.2 Å². The third-order valence-electron chi connectivity index (χ3n) is 3.10. The average molecular weight is 294 g/mol. The Balaban J connectivity index is 2.25. The predicted octanol–water partition coefficient (Wildman–Crippen LogP) is 1.52. The third kappa shape index (κ3) is 5.41. The summed E-state index contributed by atoms with van der Waals surface area (Å²) in [6.07, 6.45) is 4.67. The highest BCUT2D eigenvalue weighted by Gasteiger charge is 2.04. The molecule has 6 heteroatoms. The Hall–Kier alpha value is -2.11. The summed E-state index contributed by atoms with van der Waals surface area (Å²) < 4.78 is 6.19. The van der Waals surface area contributed by atoms with Crippen LogP contribution in [0.3, 0.4) is 0 Å². The van der Waals surface area contributed by atoms with E-state index in [2.05, 4.69) is 11.6 Å². The van der Waals surface area contributed by atoms with Gasteiger partial charge in [-0.25, -0.2) is 9.59 Å². The minimum atomic E-state index is -0.374. The lowest BCUT2D eigenvalue weighted by Crippen LogP contribution is -2.35. The summed E-state index contributed by atoms with van der Waals surface area (Å²) in [7, 11) is 0. The van der Waals surface area contributed by atoms with E-state index in [0.717, 1.165) is 25.7 Å². The molecule has 0 aromatic carbocycles. The van der Waals surface area contributed by atoms with Gasteiger partial charge in [0.15, 0.2) is 0 Å². The van der Waals surface area contributed by atoms with Crippen LogP contribution in [0, 0.1) is 6.92 Å². The highest BCUT2D eigenvalue weighted by atomic mass is 16.5. The van der Waals surface area contributed by atoms with Gasteiger partial charge in [-0.2, -0.15) is 0 Å². The lowest BCUT2D eigenvalue weighted by Gasteiger charge is -2.06. The van der Waals surface area contributed by atoms with Crippen LogP contribution in [0.25, 0.3) is 0 Å². The Morgan fingerprint density at radius 2 is 1.95 bits per heavy atom. The minimum Gasteiger partial charge on any atom is -0.462 e. The van der Waals surface area contributed by atoms with Crippen LogP contribution in [0.1, 0.15) is 38.2 Å². The zero-order valence-electron chi connectivity index (χ0n) is 12.6. The van der Waals surface area contributed by atoms with Gasteiger partial charge in [-0.3, -0.25) is 9.36 Å². The quantitative estimate of drug-likeness (QED) is 0.448. The topological polar surface area (TPSA) is 81.2 Å². The van der Waals surface area contributed by atoms with E-state index in [9.17, 15) is 14.4 Å². The van der Waals surface area contributed by atoms with E-state index in [1.165, 1.54) is 10.8 Å². The fraction of sp³-hybridized carbons (Fsp3) is 0.533. The molecule has 0 radical (unpaired) electrons. The Morgan fingerprint density at radius 1 is 1.29 bits per heavy atom. The van der Waals surface area contributed by atoms with E-state index in [0.29, 0.717) is 24.3 Å². The first-order valence-electron chi connectivity index (χ1n) is 7.05. The minimum absolute atomic E-state index is 0.242. The SMILES string of the molecule is C=C(C)C(=O)OCCCCCCn1c(=O)[nH]cc(C)c1=O. The van der Waals surface area contributed by atoms with Gasteiger partial charge < -0.3 is 9.72 Å². The molecule has 1 aromatic heterocycles. The van der Waals surface area contributed by atoms with Crippen molar-refractivity contribution in [1.82, 2.24) is 9.55 Å². The molecule has 0 atom stereocenters. The molecule has 0 bridgehead atoms. The van der Waals surface area contributed by atoms with Crippen LogP contribution in [0.15, 0.2) is 27.9 Å². The maximum Gasteiger partial charge on any atom is 0.333 e. The molecule has 0 aliphatic heterocycles. The molecule has 116 valence electrons. The number of hydrogen-bond acceptors (Lipinski definition) is 4. The number of nitrogens with one attached hydrogen (secondary N) is 1. The van der Waals surface area contributed by atoms with Gasteiger partial charge in [-0.15, -0.1) is 0 Å². The summed E-state index contributed by atoms with van der Waals surface area (Å²) in [4.78, 5) is 37.0. The van der Waals surface area contributed by atoms with Crippen molar-refractivity contribution < 1.29 is 9.53 Å². The van der Waals surface area contributed by atoms with Crippen molar-refractivity contribution in [2.24, 2.45) is 0 Å². The second-order valence-corrected chi connectivity index (χ2v) is 5.06. The van der Waals surface area contributed by atoms with E-state index >= 15 is 0 Å². The number of carbonyl (C=O) groups is 1. The van der Waals surface area contributed by atoms with Crippen molar-refractivity contribution in [3.8, 4) is 0 Å². The highest BCUT2D eigenvalue weighted by molar-refractivity contribution is 5.86. The molecule has 6 nitrogen and oxygen atoms in total. The second kappa shape index (κ2) is 8.24. The molecule has 0 unspecified atom stereocenters. The Kier molecular flexibility index (Phi) is 6.65. The molecule has 0 amide bonds.